The number of unbranched alkanes of at least 4 members (excludes halogenated alkanes) is 6. The number of para-hydroxylation sites is 4. The third kappa shape index (κ3) is 12.6. The van der Waals surface area contributed by atoms with E-state index in [4.69, 9.17) is 15.3 Å². The number of fused-ring (bicyclic) bond motifs is 2. The average Bonchev–Trinajstić information content (AvgIpc) is 4.13. The Bertz CT molecular complexity index is 2170. The standard InChI is InChI=1S/C14H18N6.C10H16N6.C9H8N6.3CH4O/c1-2-3-4-7-10-20-12-9-6-5-8-11(12)15-14(20)13-16-18-19-17-13;1-2-3-4-5-7-16-8-6-11-10(16)9-12-14-15-13-9;1-15-7-5-3-2-4-6(7)10-9(15)8-11-13-14-12-8;3*1-2/h5-6,8-9H,2-4,7,10H2,1H3,(H,16,17,18,19);6,8H,2-5,7H2,1H3,(H,12,13,14,15);2-5H,1H3,(H,11,12,13,14);3*2H,1H3. The molecular formula is C36H54N18O3. The highest BCUT2D eigenvalue weighted by Crippen LogP contribution is 2.23. The SMILES string of the molecule is CCCCCCn1c(-c2nn[nH]n2)nc2ccccc21.CCCCCCn1ccnc1-c1nn[nH]n1.CO.CO.CO.Cn1c(-c2nn[nH]n2)nc2ccccc21. The fourth-order valence-electron chi connectivity index (χ4n) is 5.69. The van der Waals surface area contributed by atoms with Crippen molar-refractivity contribution in [1.29, 1.82) is 0 Å². The van der Waals surface area contributed by atoms with Crippen LogP contribution in [0.5, 0.6) is 0 Å². The minimum absolute atomic E-state index is 0.508. The Balaban J connectivity index is 0.000000217. The van der Waals surface area contributed by atoms with Crippen LogP contribution in [0.15, 0.2) is 60.9 Å². The van der Waals surface area contributed by atoms with E-state index in [1.807, 2.05) is 60.3 Å². The Morgan fingerprint density at radius 3 is 1.54 bits per heavy atom. The van der Waals surface area contributed by atoms with E-state index < -0.39 is 0 Å². The van der Waals surface area contributed by atoms with Crippen LogP contribution in [0.3, 0.4) is 0 Å². The lowest BCUT2D eigenvalue weighted by molar-refractivity contribution is 0.399. The number of aliphatic hydroxyl groups excluding tert-OH is 3. The Morgan fingerprint density at radius 1 is 0.544 bits per heavy atom. The first-order valence-corrected chi connectivity index (χ1v) is 18.6. The molecule has 0 spiro atoms. The van der Waals surface area contributed by atoms with Crippen molar-refractivity contribution in [3.63, 3.8) is 0 Å². The molecule has 0 aliphatic rings. The summed E-state index contributed by atoms with van der Waals surface area (Å²) in [6, 6.07) is 16.0. The number of benzene rings is 2. The number of aromatic amines is 3. The van der Waals surface area contributed by atoms with E-state index in [1.54, 1.807) is 6.20 Å². The zero-order chi connectivity index (χ0) is 41.3. The fraction of sp³-hybridized carbons (Fsp3) is 0.444. The molecule has 0 saturated heterocycles. The van der Waals surface area contributed by atoms with E-state index in [9.17, 15) is 0 Å². The maximum atomic E-state index is 7.00. The van der Waals surface area contributed by atoms with Crippen LogP contribution in [0.25, 0.3) is 57.0 Å². The first kappa shape index (κ1) is 45.1. The molecule has 2 aromatic carbocycles. The molecule has 0 saturated carbocycles. The predicted octanol–water partition coefficient (Wildman–Crippen LogP) is 4.02. The molecule has 21 heteroatoms. The first-order chi connectivity index (χ1) is 28.2. The Hall–Kier alpha value is -6.32. The van der Waals surface area contributed by atoms with E-state index in [0.717, 1.165) is 81.0 Å². The van der Waals surface area contributed by atoms with Gasteiger partial charge in [0.1, 0.15) is 0 Å². The Kier molecular flexibility index (Phi) is 20.3. The number of hydrogen-bond acceptors (Lipinski definition) is 15. The molecule has 8 aromatic rings. The van der Waals surface area contributed by atoms with E-state index in [2.05, 4.69) is 106 Å². The van der Waals surface area contributed by atoms with E-state index >= 15 is 0 Å². The van der Waals surface area contributed by atoms with E-state index in [-0.39, 0.29) is 0 Å². The quantitative estimate of drug-likeness (QED) is 0.0901. The molecule has 21 nitrogen and oxygen atoms in total. The van der Waals surface area contributed by atoms with E-state index in [1.165, 1.54) is 38.5 Å². The number of aryl methyl sites for hydroxylation is 3. The second-order valence-electron chi connectivity index (χ2n) is 11.8. The summed E-state index contributed by atoms with van der Waals surface area (Å²) in [6.45, 7) is 6.33. The van der Waals surface area contributed by atoms with Gasteiger partial charge in [-0.05, 0) is 52.7 Å². The molecule has 0 atom stereocenters. The first-order valence-electron chi connectivity index (χ1n) is 18.6. The summed E-state index contributed by atoms with van der Waals surface area (Å²) < 4.78 is 6.20. The number of H-pyrrole nitrogens is 3. The highest BCUT2D eigenvalue weighted by molar-refractivity contribution is 5.80. The molecule has 0 amide bonds. The van der Waals surface area contributed by atoms with Crippen molar-refractivity contribution in [2.45, 2.75) is 78.3 Å². The largest absolute Gasteiger partial charge is 0.400 e. The molecular weight excluding hydrogens is 733 g/mol. The number of rotatable bonds is 13. The van der Waals surface area contributed by atoms with Crippen LogP contribution in [-0.2, 0) is 20.1 Å². The minimum atomic E-state index is 0.508. The highest BCUT2D eigenvalue weighted by atomic mass is 16.2. The third-order valence-electron chi connectivity index (χ3n) is 8.28. The summed E-state index contributed by atoms with van der Waals surface area (Å²) in [5.41, 5.74) is 4.09. The molecule has 8 rings (SSSR count). The van der Waals surface area contributed by atoms with Gasteiger partial charge in [-0.25, -0.2) is 15.0 Å². The molecule has 6 aromatic heterocycles. The maximum absolute atomic E-state index is 7.00. The molecule has 0 fully saturated rings. The van der Waals surface area contributed by atoms with Gasteiger partial charge in [-0.15, -0.1) is 30.6 Å². The zero-order valence-corrected chi connectivity index (χ0v) is 33.4. The number of imidazole rings is 3. The molecule has 6 N–H and O–H groups in total. The minimum Gasteiger partial charge on any atom is -0.400 e. The van der Waals surface area contributed by atoms with Crippen molar-refractivity contribution in [2.75, 3.05) is 21.3 Å². The molecule has 0 aliphatic heterocycles. The van der Waals surface area contributed by atoms with Gasteiger partial charge in [-0.3, -0.25) is 0 Å². The summed E-state index contributed by atoms with van der Waals surface area (Å²) in [6.07, 6.45) is 13.5. The van der Waals surface area contributed by atoms with Crippen molar-refractivity contribution >= 4 is 22.1 Å². The van der Waals surface area contributed by atoms with Crippen molar-refractivity contribution in [1.82, 2.24) is 90.5 Å². The van der Waals surface area contributed by atoms with Crippen molar-refractivity contribution in [2.24, 2.45) is 7.05 Å². The van der Waals surface area contributed by atoms with Gasteiger partial charge < -0.3 is 29.0 Å². The summed E-state index contributed by atoms with van der Waals surface area (Å²) in [5, 5.41) is 62.8. The smallest absolute Gasteiger partial charge is 0.240 e. The number of hydrogen-bond donors (Lipinski definition) is 6. The lowest BCUT2D eigenvalue weighted by Crippen LogP contribution is -2.02. The predicted molar refractivity (Wildman–Crippen MR) is 215 cm³/mol. The van der Waals surface area contributed by atoms with Gasteiger partial charge in [0.25, 0.3) is 0 Å². The zero-order valence-electron chi connectivity index (χ0n) is 33.4. The third-order valence-corrected chi connectivity index (χ3v) is 8.28. The monoisotopic (exact) mass is 786 g/mol. The summed E-state index contributed by atoms with van der Waals surface area (Å²) in [5.74, 6) is 3.90. The summed E-state index contributed by atoms with van der Waals surface area (Å²) in [7, 11) is 4.93. The van der Waals surface area contributed by atoms with Gasteiger partial charge in [0.15, 0.2) is 17.5 Å². The molecule has 0 radical (unpaired) electrons. The average molecular weight is 787 g/mol. The fourth-order valence-corrected chi connectivity index (χ4v) is 5.69. The summed E-state index contributed by atoms with van der Waals surface area (Å²) in [4.78, 5) is 13.3. The van der Waals surface area contributed by atoms with Gasteiger partial charge >= 0.3 is 0 Å². The van der Waals surface area contributed by atoms with Gasteiger partial charge in [-0.2, -0.15) is 15.6 Å². The molecule has 57 heavy (non-hydrogen) atoms. The van der Waals surface area contributed by atoms with Gasteiger partial charge in [-0.1, -0.05) is 76.6 Å². The van der Waals surface area contributed by atoms with Crippen molar-refractivity contribution in [3.8, 4) is 34.9 Å². The van der Waals surface area contributed by atoms with Gasteiger partial charge in [0.05, 0.1) is 22.1 Å². The van der Waals surface area contributed by atoms with Crippen molar-refractivity contribution in [3.05, 3.63) is 60.9 Å². The number of aromatic nitrogens is 18. The number of nitrogens with one attached hydrogen (secondary N) is 3. The van der Waals surface area contributed by atoms with Crippen LogP contribution in [0, 0.1) is 0 Å². The van der Waals surface area contributed by atoms with Crippen molar-refractivity contribution < 1.29 is 15.3 Å². The molecule has 6 heterocycles. The lowest BCUT2D eigenvalue weighted by Gasteiger charge is -2.06. The molecule has 0 unspecified atom stereocenters. The van der Waals surface area contributed by atoms with Gasteiger partial charge in [0, 0.05) is 53.9 Å². The van der Waals surface area contributed by atoms with Crippen LogP contribution in [0.1, 0.15) is 65.2 Å². The molecule has 306 valence electrons. The Labute approximate surface area is 330 Å². The normalized spacial score (nSPS) is 10.2. The number of aliphatic hydroxyl groups is 3. The second kappa shape index (κ2) is 25.7. The second-order valence-corrected chi connectivity index (χ2v) is 11.8. The lowest BCUT2D eigenvalue weighted by atomic mass is 10.2. The van der Waals surface area contributed by atoms with Crippen LogP contribution in [0.4, 0.5) is 0 Å². The van der Waals surface area contributed by atoms with Crippen LogP contribution >= 0.6 is 0 Å². The Morgan fingerprint density at radius 2 is 1.02 bits per heavy atom. The number of tetrazole rings is 3. The number of nitrogens with zero attached hydrogens (tertiary/aromatic N) is 15. The summed E-state index contributed by atoms with van der Waals surface area (Å²) >= 11 is 0. The molecule has 0 aliphatic carbocycles. The van der Waals surface area contributed by atoms with E-state index in [0.29, 0.717) is 23.3 Å². The van der Waals surface area contributed by atoms with Crippen LogP contribution in [0.2, 0.25) is 0 Å². The molecule has 0 bridgehead atoms. The topological polar surface area (TPSA) is 278 Å². The van der Waals surface area contributed by atoms with Crippen LogP contribution in [-0.4, -0.2) is 127 Å². The van der Waals surface area contributed by atoms with Crippen LogP contribution < -0.4 is 0 Å². The maximum Gasteiger partial charge on any atom is 0.240 e. The highest BCUT2D eigenvalue weighted by Gasteiger charge is 2.16. The van der Waals surface area contributed by atoms with Gasteiger partial charge in [0.2, 0.25) is 17.5 Å².